The molecule has 0 spiro atoms. The van der Waals surface area contributed by atoms with Crippen LogP contribution in [0.1, 0.15) is 27.9 Å². The number of hydrogen-bond acceptors (Lipinski definition) is 3. The Morgan fingerprint density at radius 2 is 2.06 bits per heavy atom. The molecule has 0 N–H and O–H groups in total. The highest BCUT2D eigenvalue weighted by Gasteiger charge is 2.16. The maximum Gasteiger partial charge on any atom is 0.179 e. The molecule has 4 heteroatoms. The lowest BCUT2D eigenvalue weighted by Gasteiger charge is -2.02. The van der Waals surface area contributed by atoms with Crippen LogP contribution < -0.4 is 0 Å². The molecule has 0 unspecified atom stereocenters. The molecular formula is C13H12FNOS. The Hall–Kier alpha value is -1.55. The van der Waals surface area contributed by atoms with E-state index in [1.54, 1.807) is 6.07 Å². The zero-order valence-corrected chi connectivity index (χ0v) is 10.7. The van der Waals surface area contributed by atoms with Gasteiger partial charge in [-0.3, -0.25) is 4.79 Å². The van der Waals surface area contributed by atoms with Crippen LogP contribution in [0, 0.1) is 19.7 Å². The number of thiazole rings is 1. The summed E-state index contributed by atoms with van der Waals surface area (Å²) >= 11 is 1.35. The van der Waals surface area contributed by atoms with Crippen molar-refractivity contribution in [1.82, 2.24) is 4.98 Å². The number of ketones is 1. The highest BCUT2D eigenvalue weighted by Crippen LogP contribution is 2.31. The molecule has 88 valence electrons. The number of halogens is 1. The van der Waals surface area contributed by atoms with Crippen molar-refractivity contribution >= 4 is 17.1 Å². The van der Waals surface area contributed by atoms with Gasteiger partial charge in [0.05, 0.1) is 0 Å². The molecule has 1 heterocycles. The van der Waals surface area contributed by atoms with E-state index in [0.717, 1.165) is 10.4 Å². The second-order valence-corrected chi connectivity index (χ2v) is 5.11. The summed E-state index contributed by atoms with van der Waals surface area (Å²) in [5.74, 6) is -0.382. The van der Waals surface area contributed by atoms with Crippen LogP contribution in [0.5, 0.6) is 0 Å². The molecule has 0 radical (unpaired) electrons. The summed E-state index contributed by atoms with van der Waals surface area (Å²) in [5.41, 5.74) is 1.76. The van der Waals surface area contributed by atoms with Gasteiger partial charge in [-0.1, -0.05) is 12.1 Å². The summed E-state index contributed by atoms with van der Waals surface area (Å²) in [5, 5.41) is 0.573. The zero-order valence-electron chi connectivity index (χ0n) is 9.87. The number of aromatic nitrogens is 1. The largest absolute Gasteiger partial charge is 0.293 e. The number of aryl methyl sites for hydroxylation is 2. The van der Waals surface area contributed by atoms with Crippen molar-refractivity contribution in [1.29, 1.82) is 0 Å². The van der Waals surface area contributed by atoms with Gasteiger partial charge in [-0.05, 0) is 25.5 Å². The third kappa shape index (κ3) is 2.13. The quantitative estimate of drug-likeness (QED) is 0.758. The van der Waals surface area contributed by atoms with Crippen molar-refractivity contribution in [3.8, 4) is 10.6 Å². The van der Waals surface area contributed by atoms with Crippen molar-refractivity contribution in [2.45, 2.75) is 20.8 Å². The Labute approximate surface area is 103 Å². The lowest BCUT2D eigenvalue weighted by Crippen LogP contribution is -1.95. The molecular weight excluding hydrogens is 237 g/mol. The van der Waals surface area contributed by atoms with Gasteiger partial charge in [0.2, 0.25) is 0 Å². The van der Waals surface area contributed by atoms with E-state index in [-0.39, 0.29) is 11.6 Å². The monoisotopic (exact) mass is 249 g/mol. The molecule has 0 aliphatic carbocycles. The smallest absolute Gasteiger partial charge is 0.179 e. The van der Waals surface area contributed by atoms with Crippen molar-refractivity contribution in [3.63, 3.8) is 0 Å². The number of carbonyl (C=O) groups is 1. The lowest BCUT2D eigenvalue weighted by atomic mass is 10.1. The molecule has 0 atom stereocenters. The molecule has 0 aliphatic heterocycles. The molecule has 1 aromatic carbocycles. The van der Waals surface area contributed by atoms with Crippen LogP contribution in [0.15, 0.2) is 18.2 Å². The average molecular weight is 249 g/mol. The number of hydrogen-bond donors (Lipinski definition) is 0. The number of rotatable bonds is 2. The van der Waals surface area contributed by atoms with Crippen molar-refractivity contribution < 1.29 is 9.18 Å². The number of nitrogens with zero attached hydrogens (tertiary/aromatic N) is 1. The van der Waals surface area contributed by atoms with E-state index in [0.29, 0.717) is 16.3 Å². The van der Waals surface area contributed by atoms with Gasteiger partial charge >= 0.3 is 0 Å². The third-order valence-corrected chi connectivity index (χ3v) is 3.55. The molecule has 0 saturated heterocycles. The van der Waals surface area contributed by atoms with Crippen LogP contribution >= 0.6 is 11.3 Å². The fourth-order valence-corrected chi connectivity index (χ4v) is 2.81. The maximum atomic E-state index is 13.8. The first kappa shape index (κ1) is 11.9. The highest BCUT2D eigenvalue weighted by atomic mass is 32.1. The summed E-state index contributed by atoms with van der Waals surface area (Å²) in [4.78, 5) is 16.4. The van der Waals surface area contributed by atoms with Crippen LogP contribution in [-0.4, -0.2) is 10.8 Å². The van der Waals surface area contributed by atoms with E-state index in [9.17, 15) is 9.18 Å². The topological polar surface area (TPSA) is 30.0 Å². The number of Topliss-reactive ketones (excluding diaryl/α,β-unsaturated/α-hetero) is 1. The van der Waals surface area contributed by atoms with Gasteiger partial charge in [-0.15, -0.1) is 11.3 Å². The van der Waals surface area contributed by atoms with Crippen LogP contribution in [0.3, 0.4) is 0 Å². The second kappa shape index (κ2) is 4.37. The molecule has 2 nitrogen and oxygen atoms in total. The summed E-state index contributed by atoms with van der Waals surface area (Å²) in [7, 11) is 0. The Bertz CT molecular complexity index is 569. The standard InChI is InChI=1S/C13H12FNOS/c1-7-5-4-6-10(14)11(7)13-15-12(8(2)16)9(3)17-13/h4-6H,1-3H3. The van der Waals surface area contributed by atoms with Gasteiger partial charge in [0.25, 0.3) is 0 Å². The molecule has 1 aromatic heterocycles. The van der Waals surface area contributed by atoms with Crippen molar-refractivity contribution in [3.05, 3.63) is 40.2 Å². The van der Waals surface area contributed by atoms with Gasteiger partial charge in [0.1, 0.15) is 16.5 Å². The predicted octanol–water partition coefficient (Wildman–Crippen LogP) is 3.77. The predicted molar refractivity (Wildman–Crippen MR) is 67.0 cm³/mol. The second-order valence-electron chi connectivity index (χ2n) is 3.91. The fourth-order valence-electron chi connectivity index (χ4n) is 1.73. The van der Waals surface area contributed by atoms with Crippen LogP contribution in [-0.2, 0) is 0 Å². The van der Waals surface area contributed by atoms with E-state index in [1.807, 2.05) is 19.9 Å². The molecule has 0 aliphatic rings. The summed E-state index contributed by atoms with van der Waals surface area (Å²) in [6, 6.07) is 4.91. The van der Waals surface area contributed by atoms with Gasteiger partial charge in [-0.2, -0.15) is 0 Å². The zero-order chi connectivity index (χ0) is 12.6. The van der Waals surface area contributed by atoms with Crippen LogP contribution in [0.2, 0.25) is 0 Å². The van der Waals surface area contributed by atoms with E-state index in [1.165, 1.54) is 24.3 Å². The summed E-state index contributed by atoms with van der Waals surface area (Å²) in [6.07, 6.45) is 0. The van der Waals surface area contributed by atoms with Crippen molar-refractivity contribution in [2.24, 2.45) is 0 Å². The Kier molecular flexibility index (Phi) is 3.07. The first-order chi connectivity index (χ1) is 8.00. The normalized spacial score (nSPS) is 10.6. The number of carbonyl (C=O) groups excluding carboxylic acids is 1. The van der Waals surface area contributed by atoms with E-state index in [4.69, 9.17) is 0 Å². The molecule has 2 rings (SSSR count). The average Bonchev–Trinajstić information content (AvgIpc) is 2.60. The van der Waals surface area contributed by atoms with Crippen molar-refractivity contribution in [2.75, 3.05) is 0 Å². The van der Waals surface area contributed by atoms with Gasteiger partial charge in [0.15, 0.2) is 5.78 Å². The van der Waals surface area contributed by atoms with Gasteiger partial charge < -0.3 is 0 Å². The highest BCUT2D eigenvalue weighted by molar-refractivity contribution is 7.15. The van der Waals surface area contributed by atoms with Gasteiger partial charge in [-0.25, -0.2) is 9.37 Å². The van der Waals surface area contributed by atoms with Crippen LogP contribution in [0.4, 0.5) is 4.39 Å². The van der Waals surface area contributed by atoms with E-state index in [2.05, 4.69) is 4.98 Å². The van der Waals surface area contributed by atoms with Gasteiger partial charge in [0, 0.05) is 17.4 Å². The minimum atomic E-state index is -0.297. The summed E-state index contributed by atoms with van der Waals surface area (Å²) < 4.78 is 13.8. The summed E-state index contributed by atoms with van der Waals surface area (Å²) in [6.45, 7) is 5.14. The minimum Gasteiger partial charge on any atom is -0.293 e. The first-order valence-electron chi connectivity index (χ1n) is 5.24. The Morgan fingerprint density at radius 3 is 2.59 bits per heavy atom. The number of benzene rings is 1. The molecule has 0 bridgehead atoms. The molecule has 0 fully saturated rings. The first-order valence-corrected chi connectivity index (χ1v) is 6.06. The fraction of sp³-hybridized carbons (Fsp3) is 0.231. The van der Waals surface area contributed by atoms with E-state index < -0.39 is 0 Å². The molecule has 0 amide bonds. The van der Waals surface area contributed by atoms with E-state index >= 15 is 0 Å². The Balaban J connectivity index is 2.62. The Morgan fingerprint density at radius 1 is 1.35 bits per heavy atom. The minimum absolute atomic E-state index is 0.0843. The maximum absolute atomic E-state index is 13.8. The SMILES string of the molecule is CC(=O)c1nc(-c2c(C)cccc2F)sc1C. The molecule has 17 heavy (non-hydrogen) atoms. The lowest BCUT2D eigenvalue weighted by molar-refractivity contribution is 0.101. The molecule has 0 saturated carbocycles. The van der Waals surface area contributed by atoms with Crippen LogP contribution in [0.25, 0.3) is 10.6 Å². The third-order valence-electron chi connectivity index (χ3n) is 2.57. The molecule has 2 aromatic rings.